The van der Waals surface area contributed by atoms with E-state index in [1.165, 1.54) is 17.7 Å². The Kier molecular flexibility index (Phi) is 3.54. The number of hydrogen-bond donors (Lipinski definition) is 0. The lowest BCUT2D eigenvalue weighted by molar-refractivity contribution is 1.33. The molecule has 0 aromatic heterocycles. The summed E-state index contributed by atoms with van der Waals surface area (Å²) in [6.07, 6.45) is 0. The number of rotatable bonds is 3. The Morgan fingerprint density at radius 1 is 1.00 bits per heavy atom. The minimum atomic E-state index is -0.571. The predicted molar refractivity (Wildman–Crippen MR) is 58.9 cm³/mol. The first-order valence-corrected chi connectivity index (χ1v) is 7.05. The van der Waals surface area contributed by atoms with Gasteiger partial charge in [-0.15, -0.1) is 0 Å². The van der Waals surface area contributed by atoms with Gasteiger partial charge in [0.05, 0.1) is 8.80 Å². The van der Waals surface area contributed by atoms with Crippen LogP contribution in [0.15, 0.2) is 24.3 Å². The number of benzene rings is 1. The summed E-state index contributed by atoms with van der Waals surface area (Å²) in [6, 6.07) is 11.9. The minimum Gasteiger partial charge on any atom is -0.0677 e. The van der Waals surface area contributed by atoms with E-state index in [2.05, 4.69) is 45.0 Å². The Bertz CT molecular complexity index is 221. The van der Waals surface area contributed by atoms with Gasteiger partial charge in [0.15, 0.2) is 0 Å². The third kappa shape index (κ3) is 2.21. The zero-order valence-electron chi connectivity index (χ0n) is 8.30. The highest BCUT2D eigenvalue weighted by atomic mass is 28.3. The van der Waals surface area contributed by atoms with E-state index in [4.69, 9.17) is 0 Å². The van der Waals surface area contributed by atoms with Crippen molar-refractivity contribution in [2.75, 3.05) is 0 Å². The largest absolute Gasteiger partial charge is 0.0702 e. The van der Waals surface area contributed by atoms with E-state index in [9.17, 15) is 0 Å². The van der Waals surface area contributed by atoms with Crippen LogP contribution in [0.5, 0.6) is 0 Å². The molecule has 1 heteroatoms. The van der Waals surface area contributed by atoms with Gasteiger partial charge < -0.3 is 0 Å². The van der Waals surface area contributed by atoms with Crippen LogP contribution < -0.4 is 5.19 Å². The molecule has 0 saturated carbocycles. The third-order valence-electron chi connectivity index (χ3n) is 2.53. The smallest absolute Gasteiger partial charge is 0.0677 e. The Labute approximate surface area is 77.2 Å². The molecule has 1 rings (SSSR count). The van der Waals surface area contributed by atoms with Gasteiger partial charge in [0.2, 0.25) is 0 Å². The molecule has 12 heavy (non-hydrogen) atoms. The first kappa shape index (κ1) is 9.52. The van der Waals surface area contributed by atoms with Crippen LogP contribution in [0.3, 0.4) is 0 Å². The summed E-state index contributed by atoms with van der Waals surface area (Å²) in [5, 5.41) is 1.63. The average molecular weight is 178 g/mol. The van der Waals surface area contributed by atoms with Crippen LogP contribution >= 0.6 is 0 Å². The first-order valence-electron chi connectivity index (χ1n) is 4.84. The lowest BCUT2D eigenvalue weighted by Crippen LogP contribution is -2.27. The molecule has 0 nitrogen and oxygen atoms in total. The molecule has 0 atom stereocenters. The third-order valence-corrected chi connectivity index (χ3v) is 5.83. The predicted octanol–water partition coefficient (Wildman–Crippen LogP) is 2.47. The molecule has 0 radical (unpaired) electrons. The van der Waals surface area contributed by atoms with Crippen molar-refractivity contribution in [3.8, 4) is 0 Å². The van der Waals surface area contributed by atoms with Gasteiger partial charge in [-0.1, -0.05) is 61.0 Å². The second kappa shape index (κ2) is 4.46. The van der Waals surface area contributed by atoms with Gasteiger partial charge in [-0.05, 0) is 6.92 Å². The molecule has 0 aliphatic heterocycles. The van der Waals surface area contributed by atoms with Gasteiger partial charge >= 0.3 is 0 Å². The van der Waals surface area contributed by atoms with E-state index >= 15 is 0 Å². The van der Waals surface area contributed by atoms with Crippen molar-refractivity contribution in [3.63, 3.8) is 0 Å². The molecular formula is C11H18Si. The van der Waals surface area contributed by atoms with Gasteiger partial charge in [-0.25, -0.2) is 0 Å². The van der Waals surface area contributed by atoms with Crippen LogP contribution in [0.1, 0.15) is 19.4 Å². The highest BCUT2D eigenvalue weighted by Crippen LogP contribution is 2.01. The average Bonchev–Trinajstić information content (AvgIpc) is 2.10. The van der Waals surface area contributed by atoms with Crippen molar-refractivity contribution in [1.82, 2.24) is 0 Å². The van der Waals surface area contributed by atoms with E-state index in [0.717, 1.165) is 0 Å². The van der Waals surface area contributed by atoms with Crippen molar-refractivity contribution in [2.45, 2.75) is 32.9 Å². The van der Waals surface area contributed by atoms with Crippen molar-refractivity contribution in [3.05, 3.63) is 29.8 Å². The second-order valence-electron chi connectivity index (χ2n) is 3.42. The quantitative estimate of drug-likeness (QED) is 0.624. The van der Waals surface area contributed by atoms with E-state index in [1.807, 2.05) is 0 Å². The zero-order chi connectivity index (χ0) is 8.97. The van der Waals surface area contributed by atoms with Gasteiger partial charge in [-0.3, -0.25) is 0 Å². The van der Waals surface area contributed by atoms with E-state index < -0.39 is 8.80 Å². The van der Waals surface area contributed by atoms with Crippen LogP contribution in [0.4, 0.5) is 0 Å². The summed E-state index contributed by atoms with van der Waals surface area (Å²) >= 11 is 0. The molecule has 0 bridgehead atoms. The van der Waals surface area contributed by atoms with Crippen molar-refractivity contribution >= 4 is 14.0 Å². The van der Waals surface area contributed by atoms with Crippen LogP contribution in [0, 0.1) is 6.92 Å². The molecule has 0 aliphatic carbocycles. The fourth-order valence-electron chi connectivity index (χ4n) is 1.60. The van der Waals surface area contributed by atoms with Crippen molar-refractivity contribution in [2.24, 2.45) is 0 Å². The van der Waals surface area contributed by atoms with Crippen molar-refractivity contribution in [1.29, 1.82) is 0 Å². The van der Waals surface area contributed by atoms with Crippen LogP contribution in [0.2, 0.25) is 12.1 Å². The van der Waals surface area contributed by atoms with Gasteiger partial charge in [0.25, 0.3) is 0 Å². The maximum absolute atomic E-state index is 2.32. The molecule has 0 spiro atoms. The van der Waals surface area contributed by atoms with Gasteiger partial charge in [-0.2, -0.15) is 0 Å². The molecule has 0 amide bonds. The van der Waals surface area contributed by atoms with Crippen LogP contribution in [0.25, 0.3) is 0 Å². The Morgan fingerprint density at radius 3 is 1.92 bits per heavy atom. The summed E-state index contributed by atoms with van der Waals surface area (Å²) < 4.78 is 0. The first-order chi connectivity index (χ1) is 5.77. The standard InChI is InChI=1S/C11H18Si/c1-4-12(5-2)11-8-6-10(3)7-9-11/h6-9,12H,4-5H2,1-3H3. The topological polar surface area (TPSA) is 0 Å². The summed E-state index contributed by atoms with van der Waals surface area (Å²) in [5.74, 6) is 0. The monoisotopic (exact) mass is 178 g/mol. The van der Waals surface area contributed by atoms with Crippen LogP contribution in [-0.2, 0) is 0 Å². The van der Waals surface area contributed by atoms with Gasteiger partial charge in [0, 0.05) is 0 Å². The fraction of sp³-hybridized carbons (Fsp3) is 0.455. The lowest BCUT2D eigenvalue weighted by Gasteiger charge is -2.10. The summed E-state index contributed by atoms with van der Waals surface area (Å²) in [6.45, 7) is 6.79. The molecule has 1 aromatic carbocycles. The number of hydrogen-bond acceptors (Lipinski definition) is 0. The van der Waals surface area contributed by atoms with Crippen LogP contribution in [-0.4, -0.2) is 8.80 Å². The lowest BCUT2D eigenvalue weighted by atomic mass is 10.2. The molecule has 1 aromatic rings. The molecular weight excluding hydrogens is 160 g/mol. The zero-order valence-corrected chi connectivity index (χ0v) is 9.46. The molecule has 0 aliphatic rings. The van der Waals surface area contributed by atoms with E-state index in [-0.39, 0.29) is 0 Å². The highest BCUT2D eigenvalue weighted by Gasteiger charge is 2.06. The molecule has 0 saturated heterocycles. The fourth-order valence-corrected chi connectivity index (χ4v) is 3.86. The summed E-state index contributed by atoms with van der Waals surface area (Å²) in [4.78, 5) is 0. The normalized spacial score (nSPS) is 10.7. The maximum Gasteiger partial charge on any atom is 0.0702 e. The Hall–Kier alpha value is -0.563. The molecule has 0 fully saturated rings. The highest BCUT2D eigenvalue weighted by molar-refractivity contribution is 6.73. The summed E-state index contributed by atoms with van der Waals surface area (Å²) in [7, 11) is -0.571. The summed E-state index contributed by atoms with van der Waals surface area (Å²) in [5.41, 5.74) is 1.37. The van der Waals surface area contributed by atoms with E-state index in [0.29, 0.717) is 0 Å². The maximum atomic E-state index is 2.32. The minimum absolute atomic E-state index is 0.571. The molecule has 0 heterocycles. The second-order valence-corrected chi connectivity index (χ2v) is 7.12. The number of aryl methyl sites for hydroxylation is 1. The molecule has 66 valence electrons. The van der Waals surface area contributed by atoms with Gasteiger partial charge in [0.1, 0.15) is 0 Å². The van der Waals surface area contributed by atoms with Crippen molar-refractivity contribution < 1.29 is 0 Å². The Morgan fingerprint density at radius 2 is 1.50 bits per heavy atom. The SMILES string of the molecule is CC[SiH](CC)c1ccc(C)cc1. The molecule has 0 N–H and O–H groups in total. The van der Waals surface area contributed by atoms with E-state index in [1.54, 1.807) is 5.19 Å². The molecule has 0 unspecified atom stereocenters. The Balaban J connectivity index is 2.80.